The smallest absolute Gasteiger partial charge is 0.306 e. The van der Waals surface area contributed by atoms with E-state index in [1.807, 2.05) is 13.8 Å². The Morgan fingerprint density at radius 2 is 1.72 bits per heavy atom. The van der Waals surface area contributed by atoms with Gasteiger partial charge in [0, 0.05) is 6.42 Å². The topological polar surface area (TPSA) is 46.5 Å². The molecule has 4 aliphatic rings. The van der Waals surface area contributed by atoms with Gasteiger partial charge in [0.15, 0.2) is 0 Å². The lowest BCUT2D eigenvalue weighted by Gasteiger charge is -2.61. The molecule has 0 aromatic heterocycles. The Morgan fingerprint density at radius 1 is 1.03 bits per heavy atom. The summed E-state index contributed by atoms with van der Waals surface area (Å²) in [5.74, 6) is 4.69. The fourth-order valence-electron chi connectivity index (χ4n) is 9.19. The summed E-state index contributed by atoms with van der Waals surface area (Å²) in [6, 6.07) is 0. The molecule has 4 fully saturated rings. The van der Waals surface area contributed by atoms with Gasteiger partial charge >= 0.3 is 5.97 Å². The predicted octanol–water partition coefficient (Wildman–Crippen LogP) is 7.15. The van der Waals surface area contributed by atoms with E-state index in [1.165, 1.54) is 44.9 Å². The second-order valence-corrected chi connectivity index (χ2v) is 13.4. The molecule has 0 heterocycles. The summed E-state index contributed by atoms with van der Waals surface area (Å²) >= 11 is 0. The van der Waals surface area contributed by atoms with Crippen molar-refractivity contribution in [3.05, 3.63) is 0 Å². The Morgan fingerprint density at radius 3 is 2.44 bits per heavy atom. The van der Waals surface area contributed by atoms with Gasteiger partial charge in [0.2, 0.25) is 0 Å². The second-order valence-electron chi connectivity index (χ2n) is 13.4. The lowest BCUT2D eigenvalue weighted by Crippen LogP contribution is -2.54. The second kappa shape index (κ2) is 8.90. The van der Waals surface area contributed by atoms with Gasteiger partial charge in [-0.3, -0.25) is 4.79 Å². The summed E-state index contributed by atoms with van der Waals surface area (Å²) in [7, 11) is 0. The number of rotatable bonds is 6. The summed E-state index contributed by atoms with van der Waals surface area (Å²) in [6.07, 6.45) is 13.9. The highest BCUT2D eigenvalue weighted by molar-refractivity contribution is 5.69. The van der Waals surface area contributed by atoms with Gasteiger partial charge in [0.05, 0.1) is 6.10 Å². The number of hydrogen-bond acceptors (Lipinski definition) is 3. The zero-order valence-electron chi connectivity index (χ0n) is 21.8. The van der Waals surface area contributed by atoms with Crippen LogP contribution in [0.1, 0.15) is 119 Å². The van der Waals surface area contributed by atoms with Crippen LogP contribution in [-0.4, -0.2) is 22.8 Å². The molecule has 0 aromatic rings. The summed E-state index contributed by atoms with van der Waals surface area (Å²) in [5.41, 5.74) is 0.570. The number of ether oxygens (including phenoxy) is 1. The molecule has 4 aliphatic carbocycles. The molecular formula is C29H50O3. The van der Waals surface area contributed by atoms with Crippen molar-refractivity contribution in [1.29, 1.82) is 0 Å². The van der Waals surface area contributed by atoms with E-state index >= 15 is 0 Å². The van der Waals surface area contributed by atoms with Gasteiger partial charge in [-0.05, 0) is 131 Å². The third-order valence-corrected chi connectivity index (χ3v) is 11.4. The van der Waals surface area contributed by atoms with Crippen LogP contribution in [0.15, 0.2) is 0 Å². The first-order valence-electron chi connectivity index (χ1n) is 13.9. The van der Waals surface area contributed by atoms with Crippen molar-refractivity contribution in [1.82, 2.24) is 0 Å². The summed E-state index contributed by atoms with van der Waals surface area (Å²) < 4.78 is 5.71. The zero-order chi connectivity index (χ0) is 23.3. The fraction of sp³-hybridized carbons (Fsp3) is 0.966. The van der Waals surface area contributed by atoms with Crippen molar-refractivity contribution in [3.8, 4) is 0 Å². The third-order valence-electron chi connectivity index (χ3n) is 11.4. The minimum Gasteiger partial charge on any atom is -0.460 e. The Labute approximate surface area is 197 Å². The van der Waals surface area contributed by atoms with Crippen LogP contribution in [-0.2, 0) is 9.53 Å². The molecule has 9 unspecified atom stereocenters. The molecule has 0 aliphatic heterocycles. The monoisotopic (exact) mass is 446 g/mol. The van der Waals surface area contributed by atoms with Crippen molar-refractivity contribution in [2.24, 2.45) is 46.3 Å². The van der Waals surface area contributed by atoms with Gasteiger partial charge in [-0.25, -0.2) is 0 Å². The maximum atomic E-state index is 12.4. The molecule has 4 saturated carbocycles. The number of esters is 1. The quantitative estimate of drug-likeness (QED) is 0.440. The van der Waals surface area contributed by atoms with E-state index < -0.39 is 0 Å². The molecule has 4 rings (SSSR count). The molecular weight excluding hydrogens is 396 g/mol. The molecule has 32 heavy (non-hydrogen) atoms. The van der Waals surface area contributed by atoms with Gasteiger partial charge < -0.3 is 9.84 Å². The van der Waals surface area contributed by atoms with Crippen LogP contribution in [0.4, 0.5) is 0 Å². The zero-order valence-corrected chi connectivity index (χ0v) is 21.8. The number of aliphatic hydroxyl groups excluding tert-OH is 1. The number of hydrogen-bond donors (Lipinski definition) is 1. The van der Waals surface area contributed by atoms with Crippen LogP contribution in [0.2, 0.25) is 0 Å². The standard InChI is InChI=1S/C29H50O3/c1-7-27(3,4)32-26(31)13-8-19(2)23-11-12-24-22-10-9-20-18-21(30)14-16-28(20,5)25(22)15-17-29(23,24)6/h19-25,30H,7-18H2,1-6H3. The lowest BCUT2D eigenvalue weighted by atomic mass is 9.44. The lowest BCUT2D eigenvalue weighted by molar-refractivity contribution is -0.157. The van der Waals surface area contributed by atoms with Crippen molar-refractivity contribution < 1.29 is 14.6 Å². The van der Waals surface area contributed by atoms with Gasteiger partial charge in [0.1, 0.15) is 5.60 Å². The highest BCUT2D eigenvalue weighted by Crippen LogP contribution is 2.68. The van der Waals surface area contributed by atoms with Crippen LogP contribution < -0.4 is 0 Å². The molecule has 0 saturated heterocycles. The predicted molar refractivity (Wildman–Crippen MR) is 130 cm³/mol. The minimum absolute atomic E-state index is 0.0159. The van der Waals surface area contributed by atoms with Crippen molar-refractivity contribution in [2.75, 3.05) is 0 Å². The minimum atomic E-state index is -0.340. The maximum Gasteiger partial charge on any atom is 0.306 e. The molecule has 0 bridgehead atoms. The van der Waals surface area contributed by atoms with E-state index in [1.54, 1.807) is 0 Å². The van der Waals surface area contributed by atoms with Gasteiger partial charge in [-0.2, -0.15) is 0 Å². The normalized spacial score (nSPS) is 44.8. The summed E-state index contributed by atoms with van der Waals surface area (Å²) in [4.78, 5) is 12.4. The molecule has 3 nitrogen and oxygen atoms in total. The first kappa shape index (κ1) is 24.6. The first-order chi connectivity index (χ1) is 15.0. The molecule has 0 aromatic carbocycles. The van der Waals surface area contributed by atoms with Crippen molar-refractivity contribution in [3.63, 3.8) is 0 Å². The van der Waals surface area contributed by atoms with E-state index in [0.717, 1.165) is 55.3 Å². The van der Waals surface area contributed by atoms with Crippen molar-refractivity contribution in [2.45, 2.75) is 130 Å². The average molecular weight is 447 g/mol. The SMILES string of the molecule is CCC(C)(C)OC(=O)CCC(C)C1CCC2C3CCC4CC(O)CCC4(C)C3CCC12C. The summed E-state index contributed by atoms with van der Waals surface area (Å²) in [6.45, 7) is 13.7. The van der Waals surface area contributed by atoms with Gasteiger partial charge in [0.25, 0.3) is 0 Å². The number of carbonyl (C=O) groups is 1. The van der Waals surface area contributed by atoms with E-state index in [4.69, 9.17) is 4.74 Å². The van der Waals surface area contributed by atoms with Crippen LogP contribution in [0.25, 0.3) is 0 Å². The number of carbonyl (C=O) groups excluding carboxylic acids is 1. The highest BCUT2D eigenvalue weighted by Gasteiger charge is 2.60. The number of aliphatic hydroxyl groups is 1. The Balaban J connectivity index is 1.40. The average Bonchev–Trinajstić information content (AvgIpc) is 3.09. The van der Waals surface area contributed by atoms with Crippen LogP contribution in [0.3, 0.4) is 0 Å². The Bertz CT molecular complexity index is 686. The fourth-order valence-corrected chi connectivity index (χ4v) is 9.19. The summed E-state index contributed by atoms with van der Waals surface area (Å²) in [5, 5.41) is 10.3. The van der Waals surface area contributed by atoms with E-state index in [-0.39, 0.29) is 17.7 Å². The molecule has 0 radical (unpaired) electrons. The van der Waals surface area contributed by atoms with E-state index in [0.29, 0.717) is 23.2 Å². The molecule has 3 heteroatoms. The van der Waals surface area contributed by atoms with Crippen LogP contribution in [0, 0.1) is 46.3 Å². The van der Waals surface area contributed by atoms with Gasteiger partial charge in [-0.1, -0.05) is 27.7 Å². The Hall–Kier alpha value is -0.570. The molecule has 0 spiro atoms. The molecule has 1 N–H and O–H groups in total. The van der Waals surface area contributed by atoms with Crippen LogP contribution in [0.5, 0.6) is 0 Å². The Kier molecular flexibility index (Phi) is 6.83. The van der Waals surface area contributed by atoms with Crippen LogP contribution >= 0.6 is 0 Å². The molecule has 0 amide bonds. The largest absolute Gasteiger partial charge is 0.460 e. The highest BCUT2D eigenvalue weighted by atomic mass is 16.6. The molecule has 184 valence electrons. The maximum absolute atomic E-state index is 12.4. The number of fused-ring (bicyclic) bond motifs is 5. The third kappa shape index (κ3) is 4.29. The van der Waals surface area contributed by atoms with Crippen molar-refractivity contribution >= 4 is 5.97 Å². The van der Waals surface area contributed by atoms with Gasteiger partial charge in [-0.15, -0.1) is 0 Å². The van der Waals surface area contributed by atoms with E-state index in [9.17, 15) is 9.90 Å². The first-order valence-corrected chi connectivity index (χ1v) is 13.9. The molecule has 9 atom stereocenters. The van der Waals surface area contributed by atoms with E-state index in [2.05, 4.69) is 27.7 Å².